The number of hydrogen-bond donors (Lipinski definition) is 2. The van der Waals surface area contributed by atoms with Gasteiger partial charge in [-0.2, -0.15) is 13.2 Å². The molecule has 0 amide bonds. The van der Waals surface area contributed by atoms with Crippen molar-refractivity contribution in [3.8, 4) is 5.75 Å². The number of esters is 1. The van der Waals surface area contributed by atoms with E-state index in [1.165, 1.54) is 18.2 Å². The van der Waals surface area contributed by atoms with Crippen molar-refractivity contribution in [2.75, 3.05) is 5.06 Å². The van der Waals surface area contributed by atoms with Crippen LogP contribution >= 0.6 is 0 Å². The minimum atomic E-state index is -5.26. The summed E-state index contributed by atoms with van der Waals surface area (Å²) in [6.45, 7) is 0. The minimum absolute atomic E-state index is 0.106. The van der Waals surface area contributed by atoms with Gasteiger partial charge >= 0.3 is 18.1 Å². The van der Waals surface area contributed by atoms with Crippen molar-refractivity contribution in [1.82, 2.24) is 0 Å². The summed E-state index contributed by atoms with van der Waals surface area (Å²) in [4.78, 5) is 27.7. The maximum absolute atomic E-state index is 12.5. The van der Waals surface area contributed by atoms with Crippen LogP contribution in [-0.2, 0) is 22.5 Å². The first-order valence-electron chi connectivity index (χ1n) is 8.03. The highest BCUT2D eigenvalue weighted by Gasteiger charge is 2.43. The summed E-state index contributed by atoms with van der Waals surface area (Å²) < 4.78 is 42.8. The van der Waals surface area contributed by atoms with Gasteiger partial charge in [-0.05, 0) is 48.2 Å². The van der Waals surface area contributed by atoms with Crippen molar-refractivity contribution in [3.05, 3.63) is 59.2 Å². The number of nitrogens with two attached hydrogens (primary N) is 1. The average molecular weight is 393 g/mol. The number of para-hydroxylation sites is 1. The molecule has 1 heterocycles. The predicted octanol–water partition coefficient (Wildman–Crippen LogP) is 2.72. The fourth-order valence-electron chi connectivity index (χ4n) is 2.72. The quantitative estimate of drug-likeness (QED) is 0.254. The van der Waals surface area contributed by atoms with E-state index in [0.717, 1.165) is 5.56 Å². The molecule has 0 saturated heterocycles. The molecule has 2 aromatic carbocycles. The van der Waals surface area contributed by atoms with Gasteiger partial charge in [-0.15, -0.1) is 5.06 Å². The van der Waals surface area contributed by atoms with Gasteiger partial charge in [-0.3, -0.25) is 5.41 Å². The molecule has 1 aliphatic heterocycles. The van der Waals surface area contributed by atoms with Crippen molar-refractivity contribution < 1.29 is 32.3 Å². The Morgan fingerprint density at radius 2 is 1.82 bits per heavy atom. The Labute approximate surface area is 156 Å². The zero-order valence-corrected chi connectivity index (χ0v) is 14.2. The number of carbonyl (C=O) groups is 2. The van der Waals surface area contributed by atoms with Crippen molar-refractivity contribution >= 4 is 23.6 Å². The van der Waals surface area contributed by atoms with Gasteiger partial charge in [0.05, 0.1) is 11.3 Å². The molecule has 0 radical (unpaired) electrons. The van der Waals surface area contributed by atoms with Crippen molar-refractivity contribution in [1.29, 1.82) is 5.41 Å². The number of hydrogen-bond acceptors (Lipinski definition) is 5. The van der Waals surface area contributed by atoms with Crippen LogP contribution in [-0.4, -0.2) is 24.1 Å². The van der Waals surface area contributed by atoms with Crippen molar-refractivity contribution in [3.63, 3.8) is 0 Å². The van der Waals surface area contributed by atoms with Crippen molar-refractivity contribution in [2.45, 2.75) is 19.0 Å². The Kier molecular flexibility index (Phi) is 4.95. The minimum Gasteiger partial charge on any atom is -0.423 e. The molecule has 3 rings (SSSR count). The molecule has 7 nitrogen and oxygen atoms in total. The second kappa shape index (κ2) is 7.22. The number of aryl methyl sites for hydroxylation is 2. The first-order valence-corrected chi connectivity index (χ1v) is 8.03. The Balaban J connectivity index is 1.94. The topological polar surface area (TPSA) is 106 Å². The molecule has 0 unspecified atom stereocenters. The first-order chi connectivity index (χ1) is 13.2. The highest BCUT2D eigenvalue weighted by atomic mass is 19.4. The number of benzene rings is 2. The van der Waals surface area contributed by atoms with E-state index in [1.54, 1.807) is 24.3 Å². The highest BCUT2D eigenvalue weighted by Crippen LogP contribution is 2.29. The third kappa shape index (κ3) is 3.90. The van der Waals surface area contributed by atoms with Gasteiger partial charge in [0.1, 0.15) is 5.75 Å². The second-order valence-electron chi connectivity index (χ2n) is 5.89. The summed E-state index contributed by atoms with van der Waals surface area (Å²) in [5, 5.41) is 7.65. The molecule has 146 valence electrons. The summed E-state index contributed by atoms with van der Waals surface area (Å²) >= 11 is 0. The Bertz CT molecular complexity index is 959. The second-order valence-corrected chi connectivity index (χ2v) is 5.89. The number of hydroxylamine groups is 1. The number of alkyl halides is 3. The van der Waals surface area contributed by atoms with Crippen LogP contribution < -0.4 is 15.5 Å². The van der Waals surface area contributed by atoms with Gasteiger partial charge in [0.25, 0.3) is 0 Å². The maximum atomic E-state index is 12.5. The molecule has 28 heavy (non-hydrogen) atoms. The molecule has 1 aliphatic rings. The largest absolute Gasteiger partial charge is 0.493 e. The summed E-state index contributed by atoms with van der Waals surface area (Å²) in [5.41, 5.74) is 6.60. The normalized spacial score (nSPS) is 13.3. The molecule has 0 saturated carbocycles. The number of carbonyl (C=O) groups excluding carboxylic acids is 2. The van der Waals surface area contributed by atoms with Gasteiger partial charge < -0.3 is 15.3 Å². The molecule has 0 spiro atoms. The number of fused-ring (bicyclic) bond motifs is 2. The Morgan fingerprint density at radius 1 is 1.14 bits per heavy atom. The van der Waals surface area contributed by atoms with E-state index in [9.17, 15) is 22.8 Å². The molecule has 0 bridgehead atoms. The summed E-state index contributed by atoms with van der Waals surface area (Å²) in [7, 11) is 0. The third-order valence-corrected chi connectivity index (χ3v) is 4.01. The molecule has 0 fully saturated rings. The molecule has 0 atom stereocenters. The SMILES string of the molecule is N=C(N)N(OC(=O)C(F)(F)F)c1ccc2c(c1)CCc1ccccc1OC2=O. The number of rotatable bonds is 1. The molecular formula is C18H14F3N3O4. The van der Waals surface area contributed by atoms with E-state index < -0.39 is 24.1 Å². The van der Waals surface area contributed by atoms with E-state index in [4.69, 9.17) is 15.9 Å². The fourth-order valence-corrected chi connectivity index (χ4v) is 2.72. The lowest BCUT2D eigenvalue weighted by atomic mass is 9.97. The van der Waals surface area contributed by atoms with Gasteiger partial charge in [0.15, 0.2) is 0 Å². The first kappa shape index (κ1) is 19.2. The molecule has 0 aliphatic carbocycles. The molecule has 3 N–H and O–H groups in total. The highest BCUT2D eigenvalue weighted by molar-refractivity contribution is 5.96. The van der Waals surface area contributed by atoms with Crippen LogP contribution in [0.2, 0.25) is 0 Å². The van der Waals surface area contributed by atoms with Crippen LogP contribution in [0, 0.1) is 5.41 Å². The Morgan fingerprint density at radius 3 is 2.50 bits per heavy atom. The smallest absolute Gasteiger partial charge is 0.423 e. The lowest BCUT2D eigenvalue weighted by molar-refractivity contribution is -0.199. The molecule has 0 aromatic heterocycles. The van der Waals surface area contributed by atoms with Gasteiger partial charge in [0.2, 0.25) is 5.96 Å². The number of anilines is 1. The van der Waals surface area contributed by atoms with Crippen LogP contribution in [0.4, 0.5) is 18.9 Å². The average Bonchev–Trinajstić information content (AvgIpc) is 2.62. The maximum Gasteiger partial charge on any atom is 0.493 e. The molecule has 2 aromatic rings. The van der Waals surface area contributed by atoms with Gasteiger partial charge in [0, 0.05) is 0 Å². The van der Waals surface area contributed by atoms with E-state index >= 15 is 0 Å². The zero-order valence-electron chi connectivity index (χ0n) is 14.2. The van der Waals surface area contributed by atoms with E-state index in [2.05, 4.69) is 4.84 Å². The lowest BCUT2D eigenvalue weighted by Crippen LogP contribution is -2.42. The molecule has 10 heteroatoms. The summed E-state index contributed by atoms with van der Waals surface area (Å²) in [6, 6.07) is 10.8. The molecular weight excluding hydrogens is 379 g/mol. The monoisotopic (exact) mass is 393 g/mol. The van der Waals surface area contributed by atoms with Crippen LogP contribution in [0.15, 0.2) is 42.5 Å². The van der Waals surface area contributed by atoms with Crippen LogP contribution in [0.3, 0.4) is 0 Å². The number of ether oxygens (including phenoxy) is 1. The number of guanidine groups is 1. The van der Waals surface area contributed by atoms with Crippen LogP contribution in [0.25, 0.3) is 0 Å². The fraction of sp³-hybridized carbons (Fsp3) is 0.167. The van der Waals surface area contributed by atoms with Gasteiger partial charge in [-0.25, -0.2) is 9.59 Å². The van der Waals surface area contributed by atoms with E-state index in [1.807, 2.05) is 0 Å². The predicted molar refractivity (Wildman–Crippen MR) is 91.8 cm³/mol. The van der Waals surface area contributed by atoms with Crippen LogP contribution in [0.5, 0.6) is 5.75 Å². The Hall–Kier alpha value is -3.56. The van der Waals surface area contributed by atoms with Crippen molar-refractivity contribution in [2.24, 2.45) is 5.73 Å². The van der Waals surface area contributed by atoms with E-state index in [-0.39, 0.29) is 16.3 Å². The number of nitrogens with zero attached hydrogens (tertiary/aromatic N) is 1. The zero-order chi connectivity index (χ0) is 20.5. The van der Waals surface area contributed by atoms with Gasteiger partial charge in [-0.1, -0.05) is 18.2 Å². The lowest BCUT2D eigenvalue weighted by Gasteiger charge is -2.23. The summed E-state index contributed by atoms with van der Waals surface area (Å²) in [6.07, 6.45) is -4.39. The van der Waals surface area contributed by atoms with E-state index in [0.29, 0.717) is 24.2 Å². The number of nitrogens with one attached hydrogen (secondary N) is 1. The van der Waals surface area contributed by atoms with Crippen LogP contribution in [0.1, 0.15) is 21.5 Å². The number of halogens is 3. The third-order valence-electron chi connectivity index (χ3n) is 4.01. The summed E-state index contributed by atoms with van der Waals surface area (Å²) in [5.74, 6) is -3.65. The standard InChI is InChI=1S/C18H14F3N3O4/c19-18(20,21)16(26)28-24(17(22)23)12-7-8-13-11(9-12)6-5-10-3-1-2-4-14(10)27-15(13)25/h1-4,7-9H,5-6H2,(H3,22,23).